The van der Waals surface area contributed by atoms with E-state index >= 15 is 0 Å². The van der Waals surface area contributed by atoms with Crippen molar-refractivity contribution in [1.29, 1.82) is 5.53 Å². The molecule has 0 fully saturated rings. The number of fused-ring (bicyclic) bond motifs is 1. The molecule has 0 bridgehead atoms. The van der Waals surface area contributed by atoms with Crippen molar-refractivity contribution >= 4 is 22.4 Å². The molecule has 4 rings (SSSR count). The van der Waals surface area contributed by atoms with E-state index < -0.39 is 4.92 Å². The molecule has 8 heteroatoms. The molecule has 1 aromatic heterocycles. The average Bonchev–Trinajstić information content (AvgIpc) is 2.74. The lowest BCUT2D eigenvalue weighted by Crippen LogP contribution is -1.97. The van der Waals surface area contributed by atoms with Crippen molar-refractivity contribution in [1.82, 2.24) is 14.9 Å². The summed E-state index contributed by atoms with van der Waals surface area (Å²) in [6.45, 7) is 0. The van der Waals surface area contributed by atoms with Gasteiger partial charge in [-0.2, -0.15) is 0 Å². The van der Waals surface area contributed by atoms with E-state index in [9.17, 15) is 10.1 Å². The molecular weight excluding hydrogens is 356 g/mol. The molecule has 0 aliphatic rings. The van der Waals surface area contributed by atoms with Crippen molar-refractivity contribution in [3.8, 4) is 22.5 Å². The van der Waals surface area contributed by atoms with Gasteiger partial charge in [-0.3, -0.25) is 10.1 Å². The fourth-order valence-electron chi connectivity index (χ4n) is 2.96. The normalized spacial score (nSPS) is 10.4. The molecule has 8 nitrogen and oxygen atoms in total. The van der Waals surface area contributed by atoms with Crippen molar-refractivity contribution in [3.63, 3.8) is 0 Å². The average molecular weight is 369 g/mol. The highest BCUT2D eigenvalue weighted by atomic mass is 16.6. The van der Waals surface area contributed by atoms with Crippen LogP contribution in [0.5, 0.6) is 0 Å². The van der Waals surface area contributed by atoms with Crippen LogP contribution in [0, 0.1) is 15.6 Å². The summed E-state index contributed by atoms with van der Waals surface area (Å²) >= 11 is 0. The lowest BCUT2D eigenvalue weighted by atomic mass is 10.0. The zero-order valence-corrected chi connectivity index (χ0v) is 14.5. The van der Waals surface area contributed by atoms with Gasteiger partial charge in [0.05, 0.1) is 27.3 Å². The van der Waals surface area contributed by atoms with Crippen LogP contribution in [0.25, 0.3) is 33.5 Å². The molecule has 134 valence electrons. The Hall–Kier alpha value is -4.29. The minimum Gasteiger partial charge on any atom is -0.258 e. The molecule has 28 heavy (non-hydrogen) atoms. The van der Waals surface area contributed by atoms with Gasteiger partial charge in [0.2, 0.25) is 10.6 Å². The summed E-state index contributed by atoms with van der Waals surface area (Å²) in [6.07, 6.45) is 0. The molecule has 0 unspecified atom stereocenters. The molecule has 3 aromatic carbocycles. The lowest BCUT2D eigenvalue weighted by Gasteiger charge is -2.10. The van der Waals surface area contributed by atoms with Crippen LogP contribution < -0.4 is 4.91 Å². The van der Waals surface area contributed by atoms with Crippen LogP contribution in [0.3, 0.4) is 0 Å². The third-order valence-corrected chi connectivity index (χ3v) is 4.21. The first-order valence-corrected chi connectivity index (χ1v) is 8.36. The standard InChI is InChI=1S/C20H13N6O2/c21-25-24-17-11-15-16(12-18(17)26(27)28)23-20(14-9-5-2-6-10-14)19(22-15)13-7-3-1-4-8-13/h1-12,21H/q+1. The first kappa shape index (κ1) is 17.1. The van der Waals surface area contributed by atoms with Crippen molar-refractivity contribution < 1.29 is 4.92 Å². The van der Waals surface area contributed by atoms with E-state index in [0.29, 0.717) is 22.4 Å². The maximum Gasteiger partial charge on any atom is 0.304 e. The zero-order valence-electron chi connectivity index (χ0n) is 14.5. The molecule has 0 spiro atoms. The maximum atomic E-state index is 11.4. The van der Waals surface area contributed by atoms with Crippen LogP contribution in [-0.4, -0.2) is 14.9 Å². The highest BCUT2D eigenvalue weighted by molar-refractivity contribution is 5.89. The number of hydrogen-bond acceptors (Lipinski definition) is 6. The SMILES string of the molecule is N=[N+]=Nc1cc2nc(-c3ccccc3)c(-c3ccccc3)nc2cc1[N+](=O)[O-]. The Morgan fingerprint density at radius 3 is 1.82 bits per heavy atom. The summed E-state index contributed by atoms with van der Waals surface area (Å²) in [5.41, 5.74) is 10.4. The Labute approximate surface area is 158 Å². The summed E-state index contributed by atoms with van der Waals surface area (Å²) in [4.78, 5) is 23.1. The van der Waals surface area contributed by atoms with Crippen LogP contribution in [0.15, 0.2) is 77.9 Å². The molecular formula is C20H13N6O2+. The quantitative estimate of drug-likeness (QED) is 0.234. The fourth-order valence-corrected chi connectivity index (χ4v) is 2.96. The van der Waals surface area contributed by atoms with E-state index in [0.717, 1.165) is 11.1 Å². The van der Waals surface area contributed by atoms with Gasteiger partial charge in [-0.1, -0.05) is 60.7 Å². The Bertz CT molecular complexity index is 1150. The molecule has 0 amide bonds. The minimum atomic E-state index is -0.571. The van der Waals surface area contributed by atoms with E-state index in [-0.39, 0.29) is 11.4 Å². The smallest absolute Gasteiger partial charge is 0.258 e. The van der Waals surface area contributed by atoms with E-state index in [1.165, 1.54) is 12.1 Å². The number of rotatable bonds is 4. The lowest BCUT2D eigenvalue weighted by molar-refractivity contribution is -0.384. The van der Waals surface area contributed by atoms with Crippen LogP contribution in [-0.2, 0) is 0 Å². The number of nitrogens with one attached hydrogen (secondary N) is 1. The van der Waals surface area contributed by atoms with E-state index in [2.05, 4.69) is 15.0 Å². The van der Waals surface area contributed by atoms with Crippen molar-refractivity contribution in [2.75, 3.05) is 0 Å². The Morgan fingerprint density at radius 2 is 1.36 bits per heavy atom. The Morgan fingerprint density at radius 1 is 0.857 bits per heavy atom. The topological polar surface area (TPSA) is 119 Å². The van der Waals surface area contributed by atoms with Gasteiger partial charge in [0, 0.05) is 23.3 Å². The van der Waals surface area contributed by atoms with Crippen molar-refractivity contribution in [2.24, 2.45) is 5.11 Å². The van der Waals surface area contributed by atoms with E-state index in [1.807, 2.05) is 60.7 Å². The molecule has 0 aliphatic heterocycles. The van der Waals surface area contributed by atoms with E-state index in [1.54, 1.807) is 0 Å². The number of benzene rings is 3. The van der Waals surface area contributed by atoms with Crippen LogP contribution in [0.2, 0.25) is 0 Å². The Balaban J connectivity index is 2.06. The van der Waals surface area contributed by atoms with Crippen LogP contribution >= 0.6 is 0 Å². The summed E-state index contributed by atoms with van der Waals surface area (Å²) in [5.74, 6) is 0. The van der Waals surface area contributed by atoms with Gasteiger partial charge in [-0.15, -0.1) is 0 Å². The summed E-state index contributed by atoms with van der Waals surface area (Å²) in [5, 5.41) is 14.9. The second-order valence-corrected chi connectivity index (χ2v) is 5.94. The predicted molar refractivity (Wildman–Crippen MR) is 104 cm³/mol. The molecule has 0 saturated heterocycles. The maximum absolute atomic E-state index is 11.4. The number of aromatic nitrogens is 2. The second-order valence-electron chi connectivity index (χ2n) is 5.94. The van der Waals surface area contributed by atoms with Gasteiger partial charge in [0.15, 0.2) is 5.11 Å². The predicted octanol–water partition coefficient (Wildman–Crippen LogP) is 5.05. The Kier molecular flexibility index (Phi) is 4.37. The fraction of sp³-hybridized carbons (Fsp3) is 0. The molecule has 4 aromatic rings. The number of nitro benzene ring substituents is 1. The number of hydrogen-bond donors (Lipinski definition) is 1. The summed E-state index contributed by atoms with van der Waals surface area (Å²) in [6, 6.07) is 21.9. The van der Waals surface area contributed by atoms with Crippen LogP contribution in [0.1, 0.15) is 0 Å². The van der Waals surface area contributed by atoms with Gasteiger partial charge in [0.25, 0.3) is 0 Å². The summed E-state index contributed by atoms with van der Waals surface area (Å²) in [7, 11) is 0. The molecule has 0 aliphatic carbocycles. The molecule has 0 radical (unpaired) electrons. The van der Waals surface area contributed by atoms with Gasteiger partial charge in [-0.05, 0) is 0 Å². The van der Waals surface area contributed by atoms with Gasteiger partial charge >= 0.3 is 5.69 Å². The van der Waals surface area contributed by atoms with Crippen molar-refractivity contribution in [2.45, 2.75) is 0 Å². The number of nitro groups is 1. The zero-order chi connectivity index (χ0) is 19.5. The minimum absolute atomic E-state index is 0.0340. The van der Waals surface area contributed by atoms with Crippen LogP contribution in [0.4, 0.5) is 11.4 Å². The highest BCUT2D eigenvalue weighted by Gasteiger charge is 2.21. The third-order valence-electron chi connectivity index (χ3n) is 4.21. The molecule has 0 saturated carbocycles. The largest absolute Gasteiger partial charge is 0.304 e. The first-order chi connectivity index (χ1) is 13.7. The highest BCUT2D eigenvalue weighted by Crippen LogP contribution is 2.35. The summed E-state index contributed by atoms with van der Waals surface area (Å²) < 4.78 is 0. The first-order valence-electron chi connectivity index (χ1n) is 8.36. The van der Waals surface area contributed by atoms with E-state index in [4.69, 9.17) is 10.5 Å². The monoisotopic (exact) mass is 369 g/mol. The number of nitrogens with zero attached hydrogens (tertiary/aromatic N) is 5. The van der Waals surface area contributed by atoms with Gasteiger partial charge in [0.1, 0.15) is 5.53 Å². The molecule has 0 atom stereocenters. The van der Waals surface area contributed by atoms with Gasteiger partial charge in [-0.25, -0.2) is 9.97 Å². The van der Waals surface area contributed by atoms with Crippen molar-refractivity contribution in [3.05, 3.63) is 82.9 Å². The second kappa shape index (κ2) is 7.14. The van der Waals surface area contributed by atoms with Gasteiger partial charge < -0.3 is 0 Å². The molecule has 1 heterocycles. The third kappa shape index (κ3) is 3.11. The molecule has 1 N–H and O–H groups in total.